The molecule has 9 heteroatoms. The molecular formula is C21H26ClN5O2S. The standard InChI is InChI=1S/C21H26ClN5O2S/c1-14-12-17(28)13-27(14)20-19-18(6-11-30(19)29)23-21(24-20)26-9-7-25(8-10-26)16-4-2-15(22)3-5-16/h2-5,14,17,28H,6-13H2,1H3/t14-,17-,30?/m1/s1. The topological polar surface area (TPSA) is 78.8 Å². The Labute approximate surface area is 184 Å². The van der Waals surface area contributed by atoms with Crippen molar-refractivity contribution in [3.8, 4) is 0 Å². The molecule has 4 heterocycles. The zero-order valence-electron chi connectivity index (χ0n) is 17.0. The number of hydrogen-bond acceptors (Lipinski definition) is 7. The van der Waals surface area contributed by atoms with Crippen LogP contribution in [0.25, 0.3) is 0 Å². The van der Waals surface area contributed by atoms with Crippen molar-refractivity contribution in [2.24, 2.45) is 0 Å². The third-order valence-electron chi connectivity index (χ3n) is 6.24. The average Bonchev–Trinajstić information content (AvgIpc) is 3.29. The number of anilines is 3. The third-order valence-corrected chi connectivity index (χ3v) is 7.94. The van der Waals surface area contributed by atoms with Gasteiger partial charge in [0.15, 0.2) is 5.82 Å². The Kier molecular flexibility index (Phi) is 5.43. The molecule has 3 aliphatic heterocycles. The molecule has 30 heavy (non-hydrogen) atoms. The molecule has 1 aromatic heterocycles. The van der Waals surface area contributed by atoms with Crippen molar-refractivity contribution in [3.05, 3.63) is 35.0 Å². The molecule has 1 unspecified atom stereocenters. The van der Waals surface area contributed by atoms with Crippen LogP contribution in [0.1, 0.15) is 19.0 Å². The maximum absolute atomic E-state index is 12.7. The number of nitrogens with zero attached hydrogens (tertiary/aromatic N) is 5. The summed E-state index contributed by atoms with van der Waals surface area (Å²) in [5, 5.41) is 10.9. The smallest absolute Gasteiger partial charge is 0.228 e. The van der Waals surface area contributed by atoms with E-state index in [1.165, 1.54) is 5.69 Å². The second-order valence-electron chi connectivity index (χ2n) is 8.26. The first-order valence-electron chi connectivity index (χ1n) is 10.5. The number of aryl methyl sites for hydroxylation is 1. The highest BCUT2D eigenvalue weighted by atomic mass is 35.5. The Morgan fingerprint density at radius 1 is 1.10 bits per heavy atom. The van der Waals surface area contributed by atoms with Gasteiger partial charge in [0.1, 0.15) is 11.4 Å². The van der Waals surface area contributed by atoms with Gasteiger partial charge in [-0.15, -0.1) is 0 Å². The molecule has 0 bridgehead atoms. The third kappa shape index (κ3) is 3.70. The largest absolute Gasteiger partial charge is 0.611 e. The number of aromatic nitrogens is 2. The Morgan fingerprint density at radius 2 is 1.80 bits per heavy atom. The predicted octanol–water partition coefficient (Wildman–Crippen LogP) is 2.08. The number of rotatable bonds is 3. The van der Waals surface area contributed by atoms with Crippen molar-refractivity contribution in [3.63, 3.8) is 0 Å². The van der Waals surface area contributed by atoms with Gasteiger partial charge in [0, 0.05) is 55.9 Å². The SMILES string of the molecule is C[C@@H]1C[C@@H](O)CN1c1nc(N2CCN(c3ccc(Cl)cc3)CC2)nc2c1[S+]([O-])CC2. The fraction of sp³-hybridized carbons (Fsp3) is 0.524. The van der Waals surface area contributed by atoms with Gasteiger partial charge in [-0.05, 0) is 48.8 Å². The number of benzene rings is 1. The van der Waals surface area contributed by atoms with E-state index >= 15 is 0 Å². The molecule has 0 spiro atoms. The maximum Gasteiger partial charge on any atom is 0.228 e. The Balaban J connectivity index is 1.39. The quantitative estimate of drug-likeness (QED) is 0.721. The van der Waals surface area contributed by atoms with Crippen LogP contribution in [0.5, 0.6) is 0 Å². The number of halogens is 1. The van der Waals surface area contributed by atoms with Crippen LogP contribution in [0.15, 0.2) is 29.2 Å². The highest BCUT2D eigenvalue weighted by Gasteiger charge is 2.39. The van der Waals surface area contributed by atoms with Gasteiger partial charge in [-0.1, -0.05) is 11.6 Å². The summed E-state index contributed by atoms with van der Waals surface area (Å²) in [5.41, 5.74) is 2.08. The van der Waals surface area contributed by atoms with E-state index in [0.717, 1.165) is 54.0 Å². The first-order valence-corrected chi connectivity index (χ1v) is 12.2. The zero-order chi connectivity index (χ0) is 20.8. The summed E-state index contributed by atoms with van der Waals surface area (Å²) in [6.07, 6.45) is 1.06. The van der Waals surface area contributed by atoms with Crippen LogP contribution in [-0.4, -0.2) is 70.2 Å². The van der Waals surface area contributed by atoms with Crippen LogP contribution in [0, 0.1) is 0 Å². The molecule has 0 saturated carbocycles. The fourth-order valence-electron chi connectivity index (χ4n) is 4.62. The van der Waals surface area contributed by atoms with Crippen molar-refractivity contribution < 1.29 is 9.66 Å². The van der Waals surface area contributed by atoms with Gasteiger partial charge in [0.2, 0.25) is 10.8 Å². The fourth-order valence-corrected chi connectivity index (χ4v) is 6.10. The van der Waals surface area contributed by atoms with Crippen LogP contribution in [0.3, 0.4) is 0 Å². The molecule has 0 aliphatic carbocycles. The van der Waals surface area contributed by atoms with Crippen LogP contribution < -0.4 is 14.7 Å². The first kappa shape index (κ1) is 20.2. The molecule has 7 nitrogen and oxygen atoms in total. The summed E-state index contributed by atoms with van der Waals surface area (Å²) in [6, 6.07) is 8.12. The molecule has 3 aliphatic rings. The van der Waals surface area contributed by atoms with Gasteiger partial charge in [-0.25, -0.2) is 4.98 Å². The minimum Gasteiger partial charge on any atom is -0.611 e. The van der Waals surface area contributed by atoms with E-state index in [2.05, 4.69) is 33.8 Å². The van der Waals surface area contributed by atoms with E-state index in [0.29, 0.717) is 24.7 Å². The van der Waals surface area contributed by atoms with Crippen LogP contribution in [0.4, 0.5) is 17.5 Å². The Hall–Kier alpha value is -1.74. The van der Waals surface area contributed by atoms with E-state index in [-0.39, 0.29) is 12.1 Å². The predicted molar refractivity (Wildman–Crippen MR) is 120 cm³/mol. The lowest BCUT2D eigenvalue weighted by molar-refractivity contribution is 0.195. The maximum atomic E-state index is 12.7. The molecule has 0 amide bonds. The molecule has 3 atom stereocenters. The van der Waals surface area contributed by atoms with E-state index in [1.807, 2.05) is 12.1 Å². The molecule has 1 N–H and O–H groups in total. The van der Waals surface area contributed by atoms with Crippen molar-refractivity contribution in [2.45, 2.75) is 36.8 Å². The zero-order valence-corrected chi connectivity index (χ0v) is 18.6. The lowest BCUT2D eigenvalue weighted by Gasteiger charge is -2.36. The minimum atomic E-state index is -1.06. The van der Waals surface area contributed by atoms with E-state index in [4.69, 9.17) is 21.6 Å². The average molecular weight is 448 g/mol. The molecule has 5 rings (SSSR count). The monoisotopic (exact) mass is 447 g/mol. The van der Waals surface area contributed by atoms with Crippen molar-refractivity contribution >= 4 is 40.2 Å². The van der Waals surface area contributed by atoms with Crippen LogP contribution in [0.2, 0.25) is 5.02 Å². The molecule has 2 aromatic rings. The molecular weight excluding hydrogens is 422 g/mol. The van der Waals surface area contributed by atoms with Crippen molar-refractivity contribution in [2.75, 3.05) is 53.2 Å². The van der Waals surface area contributed by atoms with Crippen LogP contribution >= 0.6 is 11.6 Å². The number of β-amino-alcohol motifs (C(OH)–C–C–N with tert-alkyl or cyclic N) is 1. The molecule has 0 radical (unpaired) electrons. The van der Waals surface area contributed by atoms with Crippen molar-refractivity contribution in [1.82, 2.24) is 9.97 Å². The molecule has 2 fully saturated rings. The van der Waals surface area contributed by atoms with Gasteiger partial charge < -0.3 is 24.4 Å². The summed E-state index contributed by atoms with van der Waals surface area (Å²) in [5.74, 6) is 2.08. The van der Waals surface area contributed by atoms with Gasteiger partial charge >= 0.3 is 0 Å². The summed E-state index contributed by atoms with van der Waals surface area (Å²) < 4.78 is 12.7. The first-order chi connectivity index (χ1) is 14.5. The second-order valence-corrected chi connectivity index (χ2v) is 10.2. The Morgan fingerprint density at radius 3 is 2.47 bits per heavy atom. The number of hydrogen-bond donors (Lipinski definition) is 1. The van der Waals surface area contributed by atoms with E-state index in [9.17, 15) is 9.66 Å². The summed E-state index contributed by atoms with van der Waals surface area (Å²) in [4.78, 5) is 17.2. The van der Waals surface area contributed by atoms with Gasteiger partial charge in [0.05, 0.1) is 6.10 Å². The lowest BCUT2D eigenvalue weighted by Crippen LogP contribution is -2.47. The van der Waals surface area contributed by atoms with E-state index < -0.39 is 11.2 Å². The number of fused-ring (bicyclic) bond motifs is 1. The van der Waals surface area contributed by atoms with Gasteiger partial charge in [-0.2, -0.15) is 4.98 Å². The van der Waals surface area contributed by atoms with Crippen LogP contribution in [-0.2, 0) is 17.6 Å². The molecule has 1 aromatic carbocycles. The van der Waals surface area contributed by atoms with Gasteiger partial charge in [0.25, 0.3) is 0 Å². The Bertz CT molecular complexity index is 922. The van der Waals surface area contributed by atoms with E-state index in [1.54, 1.807) is 0 Å². The van der Waals surface area contributed by atoms with Crippen molar-refractivity contribution in [1.29, 1.82) is 0 Å². The molecule has 2 saturated heterocycles. The number of aliphatic hydroxyl groups excluding tert-OH is 1. The highest BCUT2D eigenvalue weighted by Crippen LogP contribution is 2.37. The summed E-state index contributed by atoms with van der Waals surface area (Å²) >= 11 is 4.95. The second kappa shape index (κ2) is 8.07. The minimum absolute atomic E-state index is 0.172. The normalized spacial score (nSPS) is 26.4. The number of aliphatic hydroxyl groups is 1. The lowest BCUT2D eigenvalue weighted by atomic mass is 10.2. The number of piperazine rings is 1. The molecule has 160 valence electrons. The highest BCUT2D eigenvalue weighted by molar-refractivity contribution is 7.91. The summed E-state index contributed by atoms with van der Waals surface area (Å²) in [6.45, 7) is 6.02. The van der Waals surface area contributed by atoms with Gasteiger partial charge in [-0.3, -0.25) is 0 Å². The summed E-state index contributed by atoms with van der Waals surface area (Å²) in [7, 11) is 0.